The van der Waals surface area contributed by atoms with Gasteiger partial charge in [-0.3, -0.25) is 0 Å². The molecule has 0 heterocycles. The van der Waals surface area contributed by atoms with Crippen LogP contribution < -0.4 is 0 Å². The minimum absolute atomic E-state index is 0.0743. The van der Waals surface area contributed by atoms with E-state index in [0.29, 0.717) is 0 Å². The van der Waals surface area contributed by atoms with Crippen LogP contribution in [-0.2, 0) is 19.4 Å². The summed E-state index contributed by atoms with van der Waals surface area (Å²) in [6.45, 7) is 10.2. The average Bonchev–Trinajstić information content (AvgIpc) is 2.01. The fourth-order valence-corrected chi connectivity index (χ4v) is 0.562. The number of hydrogen-bond donors (Lipinski definition) is 0. The van der Waals surface area contributed by atoms with Gasteiger partial charge in [-0.05, 0) is 0 Å². The average molecular weight is 336 g/mol. The van der Waals surface area contributed by atoms with Crippen LogP contribution in [0.25, 0.3) is 0 Å². The first-order valence-corrected chi connectivity index (χ1v) is 5.83. The second-order valence-electron chi connectivity index (χ2n) is 2.97. The molecular formula is C10H18NW-. The predicted octanol–water partition coefficient (Wildman–Crippen LogP) is 2.87. The van der Waals surface area contributed by atoms with Crippen molar-refractivity contribution in [3.05, 3.63) is 12.3 Å². The van der Waals surface area contributed by atoms with Crippen molar-refractivity contribution < 1.29 is 19.4 Å². The van der Waals surface area contributed by atoms with Gasteiger partial charge in [0.2, 0.25) is 0 Å². The number of nitrogens with zero attached hydrogens (tertiary/aromatic N) is 1. The summed E-state index contributed by atoms with van der Waals surface area (Å²) in [6.07, 6.45) is 6.67. The Balaban J connectivity index is 0. The molecule has 0 aromatic carbocycles. The Kier molecular flexibility index (Phi) is 10.9. The number of hydrogen-bond acceptors (Lipinski definition) is 1. The van der Waals surface area contributed by atoms with E-state index in [-0.39, 0.29) is 5.41 Å². The van der Waals surface area contributed by atoms with E-state index in [0.717, 1.165) is 0 Å². The Hall–Kier alpha value is -0.0317. The molecule has 0 fully saturated rings. The van der Waals surface area contributed by atoms with E-state index in [1.807, 2.05) is 24.3 Å². The molecule has 0 aromatic heterocycles. The minimum atomic E-state index is 0.0743. The van der Waals surface area contributed by atoms with E-state index in [2.05, 4.69) is 32.0 Å². The fourth-order valence-electron chi connectivity index (χ4n) is 0.309. The van der Waals surface area contributed by atoms with Crippen molar-refractivity contribution in [2.75, 3.05) is 0 Å². The molecule has 1 nitrogen and oxygen atoms in total. The van der Waals surface area contributed by atoms with Crippen LogP contribution in [0.1, 0.15) is 34.6 Å². The molecule has 12 heavy (non-hydrogen) atoms. The van der Waals surface area contributed by atoms with E-state index in [9.17, 15) is 0 Å². The van der Waals surface area contributed by atoms with Crippen molar-refractivity contribution >= 4 is 10.6 Å². The van der Waals surface area contributed by atoms with Crippen LogP contribution >= 0.6 is 0 Å². The monoisotopic (exact) mass is 336 g/mol. The molecule has 0 rings (SSSR count). The summed E-state index contributed by atoms with van der Waals surface area (Å²) in [5.41, 5.74) is 0.0743. The van der Waals surface area contributed by atoms with Gasteiger partial charge in [0.15, 0.2) is 0 Å². The van der Waals surface area contributed by atoms with Gasteiger partial charge in [-0.25, -0.2) is 0 Å². The molecule has 0 bridgehead atoms. The van der Waals surface area contributed by atoms with Gasteiger partial charge in [-0.1, -0.05) is 13.8 Å². The van der Waals surface area contributed by atoms with Gasteiger partial charge in [0.25, 0.3) is 0 Å². The van der Waals surface area contributed by atoms with Crippen molar-refractivity contribution in [3.8, 4) is 0 Å². The van der Waals surface area contributed by atoms with Crippen LogP contribution in [0.15, 0.2) is 17.3 Å². The quantitative estimate of drug-likeness (QED) is 0.543. The van der Waals surface area contributed by atoms with E-state index < -0.39 is 0 Å². The predicted molar refractivity (Wildman–Crippen MR) is 53.4 cm³/mol. The molecule has 0 saturated carbocycles. The van der Waals surface area contributed by atoms with Gasteiger partial charge in [0.05, 0.1) is 0 Å². The fraction of sp³-hybridized carbons (Fsp3) is 0.600. The number of rotatable bonds is 2. The number of allylic oxidation sites excluding steroid dienone is 1. The van der Waals surface area contributed by atoms with Crippen LogP contribution in [0.4, 0.5) is 0 Å². The van der Waals surface area contributed by atoms with Crippen molar-refractivity contribution in [2.45, 2.75) is 34.6 Å². The summed E-state index contributed by atoms with van der Waals surface area (Å²) in [5.74, 6) is 0. The molecule has 0 aromatic rings. The Morgan fingerprint density at radius 1 is 1.25 bits per heavy atom. The summed E-state index contributed by atoms with van der Waals surface area (Å²) in [4.78, 5) is 3.98. The van der Waals surface area contributed by atoms with Crippen molar-refractivity contribution in [1.82, 2.24) is 0 Å². The third kappa shape index (κ3) is 16.5. The summed E-state index contributed by atoms with van der Waals surface area (Å²) < 4.78 is 2.02. The van der Waals surface area contributed by atoms with E-state index in [1.54, 1.807) is 6.20 Å². The molecule has 0 N–H and O–H groups in total. The molecule has 70 valence electrons. The van der Waals surface area contributed by atoms with Crippen LogP contribution in [-0.4, -0.2) is 10.6 Å². The van der Waals surface area contributed by atoms with Crippen LogP contribution in [0.3, 0.4) is 0 Å². The van der Waals surface area contributed by atoms with Crippen molar-refractivity contribution in [2.24, 2.45) is 10.4 Å². The van der Waals surface area contributed by atoms with Crippen LogP contribution in [0.5, 0.6) is 0 Å². The molecule has 0 unspecified atom stereocenters. The Morgan fingerprint density at radius 3 is 2.08 bits per heavy atom. The van der Waals surface area contributed by atoms with E-state index >= 15 is 0 Å². The molecule has 0 atom stereocenters. The first-order chi connectivity index (χ1) is 5.56. The van der Waals surface area contributed by atoms with Crippen LogP contribution in [0.2, 0.25) is 0 Å². The first kappa shape index (κ1) is 14.5. The Morgan fingerprint density at radius 2 is 1.75 bits per heavy atom. The summed E-state index contributed by atoms with van der Waals surface area (Å²) in [7, 11) is 0. The molecule has 0 aliphatic rings. The molecule has 2 heteroatoms. The standard InChI is InChI=1S/C8H12N.C2H6.W/c1-5-6-9-7-8(2,3)4;1-2;/h1,5-6H,2-4H3;1-2H3;/q-1;;. The molecular weight excluding hydrogens is 318 g/mol. The van der Waals surface area contributed by atoms with Crippen molar-refractivity contribution in [1.29, 1.82) is 0 Å². The molecule has 0 saturated heterocycles. The zero-order valence-electron chi connectivity index (χ0n) is 8.59. The zero-order chi connectivity index (χ0) is 10.0. The first-order valence-electron chi connectivity index (χ1n) is 4.13. The van der Waals surface area contributed by atoms with Gasteiger partial charge in [-0.15, -0.1) is 0 Å². The van der Waals surface area contributed by atoms with Gasteiger partial charge >= 0.3 is 73.4 Å². The zero-order valence-corrected chi connectivity index (χ0v) is 11.5. The third-order valence-corrected chi connectivity index (χ3v) is 1.20. The van der Waals surface area contributed by atoms with E-state index in [1.165, 1.54) is 19.4 Å². The van der Waals surface area contributed by atoms with E-state index in [4.69, 9.17) is 0 Å². The Bertz CT molecular complexity index is 152. The normalized spacial score (nSPS) is 11.4. The van der Waals surface area contributed by atoms with Gasteiger partial charge in [-0.2, -0.15) is 0 Å². The van der Waals surface area contributed by atoms with Crippen molar-refractivity contribution in [3.63, 3.8) is 0 Å². The topological polar surface area (TPSA) is 12.4 Å². The summed E-state index contributed by atoms with van der Waals surface area (Å²) in [5, 5.41) is 0. The molecule has 0 spiro atoms. The summed E-state index contributed by atoms with van der Waals surface area (Å²) >= 11 is 1.44. The molecule has 0 amide bonds. The third-order valence-electron chi connectivity index (χ3n) is 0.639. The Labute approximate surface area is 87.4 Å². The molecule has 0 aliphatic heterocycles. The SMILES string of the molecule is CC.CC(C)(C)[C-]=NC=C[CH]=[W]. The molecule has 0 radical (unpaired) electrons. The van der Waals surface area contributed by atoms with Crippen LogP contribution in [0, 0.1) is 5.41 Å². The van der Waals surface area contributed by atoms with Gasteiger partial charge in [0, 0.05) is 0 Å². The van der Waals surface area contributed by atoms with Gasteiger partial charge in [0.1, 0.15) is 0 Å². The maximum absolute atomic E-state index is 3.98. The molecule has 0 aliphatic carbocycles. The second kappa shape index (κ2) is 9.06. The second-order valence-corrected chi connectivity index (χ2v) is 3.95. The number of aliphatic imine (C=N–C) groups is 1. The summed E-state index contributed by atoms with van der Waals surface area (Å²) in [6, 6.07) is 0. The van der Waals surface area contributed by atoms with Gasteiger partial charge < -0.3 is 0 Å². The maximum atomic E-state index is 3.98.